The standard InChI is InChI=1S/C20H20N4O2S/c21-17-11-18(25)23-20(22-17)27-14-19(26)24(12-15-7-3-1-4-8-15)13-16-9-5-2-6-10-16/h1-11H,12-14H2,(H3,21,22,23,25). The first kappa shape index (κ1) is 18.7. The molecule has 0 aliphatic heterocycles. The number of aromatic amines is 1. The van der Waals surface area contributed by atoms with Gasteiger partial charge >= 0.3 is 0 Å². The van der Waals surface area contributed by atoms with Crippen LogP contribution < -0.4 is 11.3 Å². The highest BCUT2D eigenvalue weighted by Gasteiger charge is 2.16. The van der Waals surface area contributed by atoms with Gasteiger partial charge in [0.15, 0.2) is 5.16 Å². The van der Waals surface area contributed by atoms with Crippen LogP contribution >= 0.6 is 11.8 Å². The van der Waals surface area contributed by atoms with Gasteiger partial charge in [-0.2, -0.15) is 0 Å². The van der Waals surface area contributed by atoms with Crippen molar-refractivity contribution in [3.05, 3.63) is 88.2 Å². The normalized spacial score (nSPS) is 10.5. The van der Waals surface area contributed by atoms with Gasteiger partial charge in [-0.3, -0.25) is 9.59 Å². The highest BCUT2D eigenvalue weighted by molar-refractivity contribution is 7.99. The second-order valence-electron chi connectivity index (χ2n) is 5.99. The molecule has 7 heteroatoms. The summed E-state index contributed by atoms with van der Waals surface area (Å²) in [7, 11) is 0. The predicted molar refractivity (Wildman–Crippen MR) is 107 cm³/mol. The number of aromatic nitrogens is 2. The molecule has 0 aliphatic carbocycles. The molecule has 1 aromatic heterocycles. The van der Waals surface area contributed by atoms with Crippen LogP contribution in [0.15, 0.2) is 76.7 Å². The Bertz CT molecular complexity index is 903. The molecular weight excluding hydrogens is 360 g/mol. The lowest BCUT2D eigenvalue weighted by molar-refractivity contribution is -0.129. The molecule has 0 spiro atoms. The summed E-state index contributed by atoms with van der Waals surface area (Å²) in [5.74, 6) is 0.253. The molecule has 0 bridgehead atoms. The molecule has 1 amide bonds. The number of amides is 1. The number of benzene rings is 2. The van der Waals surface area contributed by atoms with E-state index < -0.39 is 0 Å². The SMILES string of the molecule is Nc1cc(=O)[nH]c(SCC(=O)N(Cc2ccccc2)Cc2ccccc2)n1. The maximum Gasteiger partial charge on any atom is 0.253 e. The van der Waals surface area contributed by atoms with E-state index in [0.29, 0.717) is 18.2 Å². The Morgan fingerprint density at radius 1 is 1.00 bits per heavy atom. The van der Waals surface area contributed by atoms with Crippen molar-refractivity contribution in [3.8, 4) is 0 Å². The number of carbonyl (C=O) groups excluding carboxylic acids is 1. The van der Waals surface area contributed by atoms with Crippen molar-refractivity contribution in [2.75, 3.05) is 11.5 Å². The Balaban J connectivity index is 1.72. The predicted octanol–water partition coefficient (Wildman–Crippen LogP) is 2.67. The number of nitrogens with one attached hydrogen (secondary N) is 1. The molecule has 27 heavy (non-hydrogen) atoms. The van der Waals surface area contributed by atoms with Crippen molar-refractivity contribution in [1.82, 2.24) is 14.9 Å². The van der Waals surface area contributed by atoms with Gasteiger partial charge in [0.2, 0.25) is 5.91 Å². The van der Waals surface area contributed by atoms with Crippen molar-refractivity contribution < 1.29 is 4.79 Å². The third kappa shape index (κ3) is 5.72. The summed E-state index contributed by atoms with van der Waals surface area (Å²) in [6.45, 7) is 1.02. The first-order chi connectivity index (χ1) is 13.1. The van der Waals surface area contributed by atoms with Gasteiger partial charge in [-0.1, -0.05) is 72.4 Å². The Hall–Kier alpha value is -3.06. The van der Waals surface area contributed by atoms with Crippen molar-refractivity contribution in [3.63, 3.8) is 0 Å². The quantitative estimate of drug-likeness (QED) is 0.486. The maximum absolute atomic E-state index is 12.8. The Kier molecular flexibility index (Phi) is 6.27. The van der Waals surface area contributed by atoms with Crippen molar-refractivity contribution in [1.29, 1.82) is 0 Å². The molecule has 0 fully saturated rings. The number of hydrogen-bond donors (Lipinski definition) is 2. The number of rotatable bonds is 7. The zero-order valence-corrected chi connectivity index (χ0v) is 15.5. The molecule has 1 heterocycles. The number of thioether (sulfide) groups is 1. The van der Waals surface area contributed by atoms with E-state index in [4.69, 9.17) is 5.73 Å². The number of nitrogens with zero attached hydrogens (tertiary/aromatic N) is 2. The van der Waals surface area contributed by atoms with E-state index in [1.165, 1.54) is 17.8 Å². The van der Waals surface area contributed by atoms with E-state index >= 15 is 0 Å². The van der Waals surface area contributed by atoms with Crippen LogP contribution in [0.25, 0.3) is 0 Å². The van der Waals surface area contributed by atoms with E-state index in [1.54, 1.807) is 4.90 Å². The Labute approximate surface area is 161 Å². The summed E-state index contributed by atoms with van der Waals surface area (Å²) in [6.07, 6.45) is 0. The molecular formula is C20H20N4O2S. The average Bonchev–Trinajstić information content (AvgIpc) is 2.66. The van der Waals surface area contributed by atoms with Gasteiger partial charge in [0.1, 0.15) is 5.82 Å². The molecule has 0 atom stereocenters. The zero-order valence-electron chi connectivity index (χ0n) is 14.7. The maximum atomic E-state index is 12.8. The molecule has 0 unspecified atom stereocenters. The molecule has 0 saturated heterocycles. The second kappa shape index (κ2) is 9.05. The van der Waals surface area contributed by atoms with Gasteiger partial charge < -0.3 is 15.6 Å². The third-order valence-corrected chi connectivity index (χ3v) is 4.72. The molecule has 3 rings (SSSR count). The van der Waals surface area contributed by atoms with Crippen LogP contribution in [0, 0.1) is 0 Å². The van der Waals surface area contributed by atoms with E-state index in [-0.39, 0.29) is 23.0 Å². The monoisotopic (exact) mass is 380 g/mol. The first-order valence-corrected chi connectivity index (χ1v) is 9.44. The summed E-state index contributed by atoms with van der Waals surface area (Å²) in [4.78, 5) is 32.8. The fourth-order valence-corrected chi connectivity index (χ4v) is 3.37. The van der Waals surface area contributed by atoms with Gasteiger partial charge in [-0.25, -0.2) is 4.98 Å². The van der Waals surface area contributed by atoms with Crippen LogP contribution in [0.3, 0.4) is 0 Å². The van der Waals surface area contributed by atoms with E-state index in [1.807, 2.05) is 60.7 Å². The van der Waals surface area contributed by atoms with Crippen LogP contribution in [0.4, 0.5) is 5.82 Å². The topological polar surface area (TPSA) is 92.1 Å². The van der Waals surface area contributed by atoms with Gasteiger partial charge in [-0.05, 0) is 11.1 Å². The Morgan fingerprint density at radius 3 is 2.07 bits per heavy atom. The second-order valence-corrected chi connectivity index (χ2v) is 6.95. The lowest BCUT2D eigenvalue weighted by Crippen LogP contribution is -2.31. The lowest BCUT2D eigenvalue weighted by Gasteiger charge is -2.23. The minimum absolute atomic E-state index is 0.0437. The van der Waals surface area contributed by atoms with Crippen molar-refractivity contribution in [2.45, 2.75) is 18.2 Å². The van der Waals surface area contributed by atoms with E-state index in [9.17, 15) is 9.59 Å². The Morgan fingerprint density at radius 2 is 1.56 bits per heavy atom. The van der Waals surface area contributed by atoms with Gasteiger partial charge in [0.05, 0.1) is 5.75 Å². The number of anilines is 1. The number of nitrogen functional groups attached to an aromatic ring is 1. The van der Waals surface area contributed by atoms with Gasteiger partial charge in [-0.15, -0.1) is 0 Å². The number of hydrogen-bond acceptors (Lipinski definition) is 5. The fraction of sp³-hybridized carbons (Fsp3) is 0.150. The fourth-order valence-electron chi connectivity index (χ4n) is 2.58. The highest BCUT2D eigenvalue weighted by Crippen LogP contribution is 2.16. The minimum Gasteiger partial charge on any atom is -0.383 e. The van der Waals surface area contributed by atoms with E-state index in [0.717, 1.165) is 11.1 Å². The largest absolute Gasteiger partial charge is 0.383 e. The molecule has 3 N–H and O–H groups in total. The first-order valence-electron chi connectivity index (χ1n) is 8.45. The van der Waals surface area contributed by atoms with Crippen LogP contribution in [0.5, 0.6) is 0 Å². The molecule has 138 valence electrons. The van der Waals surface area contributed by atoms with E-state index in [2.05, 4.69) is 9.97 Å². The zero-order chi connectivity index (χ0) is 19.1. The number of H-pyrrole nitrogens is 1. The lowest BCUT2D eigenvalue weighted by atomic mass is 10.1. The van der Waals surface area contributed by atoms with Gasteiger partial charge in [0.25, 0.3) is 5.56 Å². The third-order valence-electron chi connectivity index (χ3n) is 3.86. The molecule has 0 saturated carbocycles. The van der Waals surface area contributed by atoms with Gasteiger partial charge in [0, 0.05) is 19.2 Å². The van der Waals surface area contributed by atoms with Crippen LogP contribution in [0.1, 0.15) is 11.1 Å². The minimum atomic E-state index is -0.331. The van der Waals surface area contributed by atoms with Crippen LogP contribution in [0.2, 0.25) is 0 Å². The molecule has 3 aromatic rings. The summed E-state index contributed by atoms with van der Waals surface area (Å²) in [6, 6.07) is 20.9. The summed E-state index contributed by atoms with van der Waals surface area (Å²) < 4.78 is 0. The molecule has 0 aliphatic rings. The number of nitrogens with two attached hydrogens (primary N) is 1. The van der Waals surface area contributed by atoms with Crippen molar-refractivity contribution in [2.24, 2.45) is 0 Å². The van der Waals surface area contributed by atoms with Crippen LogP contribution in [-0.2, 0) is 17.9 Å². The summed E-state index contributed by atoms with van der Waals surface area (Å²) in [5.41, 5.74) is 7.37. The smallest absolute Gasteiger partial charge is 0.253 e. The molecule has 2 aromatic carbocycles. The molecule has 6 nitrogen and oxygen atoms in total. The average molecular weight is 380 g/mol. The van der Waals surface area contributed by atoms with Crippen LogP contribution in [-0.4, -0.2) is 26.5 Å². The summed E-state index contributed by atoms with van der Waals surface area (Å²) in [5, 5.41) is 0.340. The molecule has 0 radical (unpaired) electrons. The highest BCUT2D eigenvalue weighted by atomic mass is 32.2. The van der Waals surface area contributed by atoms with Crippen molar-refractivity contribution >= 4 is 23.5 Å². The number of carbonyl (C=O) groups is 1. The summed E-state index contributed by atoms with van der Waals surface area (Å²) >= 11 is 1.17.